The van der Waals surface area contributed by atoms with E-state index in [0.29, 0.717) is 18.7 Å². The molecule has 0 aromatic carbocycles. The van der Waals surface area contributed by atoms with Gasteiger partial charge >= 0.3 is 0 Å². The van der Waals surface area contributed by atoms with Gasteiger partial charge < -0.3 is 10.6 Å². The van der Waals surface area contributed by atoms with E-state index in [1.165, 1.54) is 18.7 Å². The van der Waals surface area contributed by atoms with Gasteiger partial charge in [0.15, 0.2) is 0 Å². The van der Waals surface area contributed by atoms with Crippen LogP contribution in [0.15, 0.2) is 18.7 Å². The maximum atomic E-state index is 11.8. The number of carbonyl (C=O) groups is 1. The minimum atomic E-state index is -0.189. The third-order valence-corrected chi connectivity index (χ3v) is 2.81. The van der Waals surface area contributed by atoms with Crippen LogP contribution < -0.4 is 5.73 Å². The number of hydrogen-bond donors (Lipinski definition) is 1. The minimum Gasteiger partial charge on any atom is -0.335 e. The van der Waals surface area contributed by atoms with E-state index >= 15 is 0 Å². The monoisotopic (exact) mass is 206 g/mol. The van der Waals surface area contributed by atoms with Crippen LogP contribution in [-0.2, 0) is 0 Å². The molecule has 80 valence electrons. The Bertz CT molecular complexity index is 359. The second-order valence-electron chi connectivity index (χ2n) is 4.00. The highest BCUT2D eigenvalue weighted by atomic mass is 16.2. The van der Waals surface area contributed by atoms with Crippen LogP contribution in [0.5, 0.6) is 0 Å². The molecule has 5 nitrogen and oxygen atoms in total. The lowest BCUT2D eigenvalue weighted by molar-refractivity contribution is 0.0400. The first kappa shape index (κ1) is 10.0. The minimum absolute atomic E-state index is 0.0369. The van der Waals surface area contributed by atoms with E-state index in [1.54, 1.807) is 4.90 Å². The van der Waals surface area contributed by atoms with Gasteiger partial charge in [-0.15, -0.1) is 0 Å². The van der Waals surface area contributed by atoms with Gasteiger partial charge in [-0.1, -0.05) is 6.92 Å². The number of nitrogens with zero attached hydrogens (tertiary/aromatic N) is 3. The molecule has 0 unspecified atom stereocenters. The van der Waals surface area contributed by atoms with Crippen molar-refractivity contribution in [2.45, 2.75) is 18.9 Å². The Morgan fingerprint density at radius 2 is 2.13 bits per heavy atom. The summed E-state index contributed by atoms with van der Waals surface area (Å²) in [6, 6.07) is 0. The largest absolute Gasteiger partial charge is 0.335 e. The fourth-order valence-corrected chi connectivity index (χ4v) is 1.67. The average Bonchev–Trinajstić information content (AvgIpc) is 2.25. The number of aromatic nitrogens is 2. The molecule has 15 heavy (non-hydrogen) atoms. The second kappa shape index (κ2) is 3.58. The SMILES string of the molecule is CCC1(N)CN(C(=O)c2cncnc2)C1. The van der Waals surface area contributed by atoms with Gasteiger partial charge in [-0.3, -0.25) is 4.79 Å². The molecule has 0 atom stereocenters. The highest BCUT2D eigenvalue weighted by molar-refractivity contribution is 5.94. The predicted molar refractivity (Wildman–Crippen MR) is 55.1 cm³/mol. The molecule has 2 heterocycles. The van der Waals surface area contributed by atoms with Crippen LogP contribution in [0.1, 0.15) is 23.7 Å². The van der Waals surface area contributed by atoms with Crippen molar-refractivity contribution >= 4 is 5.91 Å². The van der Waals surface area contributed by atoms with Crippen LogP contribution in [0.3, 0.4) is 0 Å². The Morgan fingerprint density at radius 1 is 1.53 bits per heavy atom. The van der Waals surface area contributed by atoms with Crippen LogP contribution in [0.25, 0.3) is 0 Å². The molecule has 2 N–H and O–H groups in total. The van der Waals surface area contributed by atoms with E-state index in [-0.39, 0.29) is 11.4 Å². The van der Waals surface area contributed by atoms with Gasteiger partial charge in [-0.2, -0.15) is 0 Å². The number of rotatable bonds is 2. The third-order valence-electron chi connectivity index (χ3n) is 2.81. The summed E-state index contributed by atoms with van der Waals surface area (Å²) in [5.74, 6) is -0.0369. The summed E-state index contributed by atoms with van der Waals surface area (Å²) in [5, 5.41) is 0. The lowest BCUT2D eigenvalue weighted by Gasteiger charge is -2.47. The van der Waals surface area contributed by atoms with Gasteiger partial charge in [-0.25, -0.2) is 9.97 Å². The first-order valence-corrected chi connectivity index (χ1v) is 4.98. The molecule has 1 aromatic heterocycles. The van der Waals surface area contributed by atoms with Crippen LogP contribution in [-0.4, -0.2) is 39.4 Å². The summed E-state index contributed by atoms with van der Waals surface area (Å²) >= 11 is 0. The Kier molecular flexibility index (Phi) is 2.40. The molecule has 2 rings (SSSR count). The van der Waals surface area contributed by atoms with Crippen LogP contribution >= 0.6 is 0 Å². The fraction of sp³-hybridized carbons (Fsp3) is 0.500. The van der Waals surface area contributed by atoms with Crippen LogP contribution in [0.2, 0.25) is 0 Å². The van der Waals surface area contributed by atoms with E-state index < -0.39 is 0 Å². The van der Waals surface area contributed by atoms with Crippen molar-refractivity contribution in [2.75, 3.05) is 13.1 Å². The van der Waals surface area contributed by atoms with E-state index in [0.717, 1.165) is 6.42 Å². The third kappa shape index (κ3) is 1.83. The van der Waals surface area contributed by atoms with Gasteiger partial charge in [-0.05, 0) is 6.42 Å². The maximum absolute atomic E-state index is 11.8. The van der Waals surface area contributed by atoms with Crippen LogP contribution in [0.4, 0.5) is 0 Å². The molecule has 1 fully saturated rings. The number of likely N-dealkylation sites (tertiary alicyclic amines) is 1. The smallest absolute Gasteiger partial charge is 0.257 e. The van der Waals surface area contributed by atoms with Crippen molar-refractivity contribution in [1.82, 2.24) is 14.9 Å². The Labute approximate surface area is 88.3 Å². The van der Waals surface area contributed by atoms with Gasteiger partial charge in [0.05, 0.1) is 11.1 Å². The zero-order valence-electron chi connectivity index (χ0n) is 8.68. The molecule has 1 aromatic rings. The van der Waals surface area contributed by atoms with Gasteiger partial charge in [0.2, 0.25) is 0 Å². The first-order chi connectivity index (χ1) is 7.14. The second-order valence-corrected chi connectivity index (χ2v) is 4.00. The Balaban J connectivity index is 2.01. The summed E-state index contributed by atoms with van der Waals surface area (Å²) in [7, 11) is 0. The van der Waals surface area contributed by atoms with E-state index in [1.807, 2.05) is 6.92 Å². The Hall–Kier alpha value is -1.49. The van der Waals surface area contributed by atoms with Crippen molar-refractivity contribution in [3.05, 3.63) is 24.3 Å². The molecule has 1 aliphatic rings. The zero-order valence-corrected chi connectivity index (χ0v) is 8.68. The summed E-state index contributed by atoms with van der Waals surface area (Å²) in [6.45, 7) is 3.28. The normalized spacial score (nSPS) is 18.4. The Morgan fingerprint density at radius 3 is 2.67 bits per heavy atom. The number of hydrogen-bond acceptors (Lipinski definition) is 4. The fourth-order valence-electron chi connectivity index (χ4n) is 1.67. The molecule has 5 heteroatoms. The van der Waals surface area contributed by atoms with Gasteiger partial charge in [0.25, 0.3) is 5.91 Å². The lowest BCUT2D eigenvalue weighted by Crippen LogP contribution is -2.68. The summed E-state index contributed by atoms with van der Waals surface area (Å²) in [4.78, 5) is 21.2. The first-order valence-electron chi connectivity index (χ1n) is 4.98. The quantitative estimate of drug-likeness (QED) is 0.741. The zero-order chi connectivity index (χ0) is 10.9. The van der Waals surface area contributed by atoms with Gasteiger partial charge in [0, 0.05) is 25.5 Å². The van der Waals surface area contributed by atoms with Crippen molar-refractivity contribution in [2.24, 2.45) is 5.73 Å². The van der Waals surface area contributed by atoms with E-state index in [9.17, 15) is 4.79 Å². The molecule has 1 saturated heterocycles. The van der Waals surface area contributed by atoms with Crippen molar-refractivity contribution in [3.63, 3.8) is 0 Å². The van der Waals surface area contributed by atoms with Crippen molar-refractivity contribution < 1.29 is 4.79 Å². The number of amides is 1. The predicted octanol–water partition coefficient (Wildman–Crippen LogP) is 0.0399. The topological polar surface area (TPSA) is 72.1 Å². The summed E-state index contributed by atoms with van der Waals surface area (Å²) in [5.41, 5.74) is 6.32. The molecule has 1 aliphatic heterocycles. The molecule has 0 bridgehead atoms. The number of carbonyl (C=O) groups excluding carboxylic acids is 1. The average molecular weight is 206 g/mol. The standard InChI is InChI=1S/C10H14N4O/c1-2-10(11)5-14(6-10)9(15)8-3-12-7-13-4-8/h3-4,7H,2,5-6,11H2,1H3. The molecule has 0 aliphatic carbocycles. The molecule has 0 spiro atoms. The highest BCUT2D eigenvalue weighted by Crippen LogP contribution is 2.22. The summed E-state index contributed by atoms with van der Waals surface area (Å²) in [6.07, 6.45) is 5.35. The van der Waals surface area contributed by atoms with Crippen molar-refractivity contribution in [1.29, 1.82) is 0 Å². The molecule has 0 saturated carbocycles. The van der Waals surface area contributed by atoms with E-state index in [4.69, 9.17) is 5.73 Å². The summed E-state index contributed by atoms with van der Waals surface area (Å²) < 4.78 is 0. The van der Waals surface area contributed by atoms with E-state index in [2.05, 4.69) is 9.97 Å². The molecule has 0 radical (unpaired) electrons. The highest BCUT2D eigenvalue weighted by Gasteiger charge is 2.40. The van der Waals surface area contributed by atoms with Gasteiger partial charge in [0.1, 0.15) is 6.33 Å². The lowest BCUT2D eigenvalue weighted by atomic mass is 9.88. The van der Waals surface area contributed by atoms with Crippen LogP contribution in [0, 0.1) is 0 Å². The molecular weight excluding hydrogens is 192 g/mol. The maximum Gasteiger partial charge on any atom is 0.257 e. The number of nitrogens with two attached hydrogens (primary N) is 1. The molecular formula is C10H14N4O. The van der Waals surface area contributed by atoms with Crippen molar-refractivity contribution in [3.8, 4) is 0 Å². The molecule has 1 amide bonds.